The third kappa shape index (κ3) is 2.88. The Labute approximate surface area is 155 Å². The van der Waals surface area contributed by atoms with Gasteiger partial charge in [0.1, 0.15) is 10.7 Å². The predicted octanol–water partition coefficient (Wildman–Crippen LogP) is 4.42. The zero-order valence-electron chi connectivity index (χ0n) is 15.0. The Morgan fingerprint density at radius 1 is 1.40 bits per heavy atom. The van der Waals surface area contributed by atoms with Crippen LogP contribution in [-0.2, 0) is 24.2 Å². The van der Waals surface area contributed by atoms with Crippen molar-refractivity contribution in [2.24, 2.45) is 0 Å². The minimum absolute atomic E-state index is 0.154. The highest BCUT2D eigenvalue weighted by Gasteiger charge is 2.31. The molecule has 3 aromatic heterocycles. The first-order chi connectivity index (χ1) is 11.9. The van der Waals surface area contributed by atoms with Gasteiger partial charge in [0.15, 0.2) is 10.8 Å². The Morgan fingerprint density at radius 2 is 2.20 bits per heavy atom. The highest BCUT2D eigenvalue weighted by atomic mass is 32.2. The number of hydrogen-bond donors (Lipinski definition) is 0. The average molecular weight is 375 g/mol. The Bertz CT molecular complexity index is 986. The summed E-state index contributed by atoms with van der Waals surface area (Å²) >= 11 is 3.41. The molecule has 0 saturated carbocycles. The maximum atomic E-state index is 5.99. The van der Waals surface area contributed by atoms with E-state index in [9.17, 15) is 0 Å². The molecule has 132 valence electrons. The monoisotopic (exact) mass is 374 g/mol. The summed E-state index contributed by atoms with van der Waals surface area (Å²) in [5, 5.41) is 11.1. The lowest BCUT2D eigenvalue weighted by atomic mass is 9.94. The summed E-state index contributed by atoms with van der Waals surface area (Å²) in [5.74, 6) is 1.85. The molecule has 0 aromatic carbocycles. The molecule has 4 rings (SSSR count). The number of aromatic nitrogens is 4. The van der Waals surface area contributed by atoms with Gasteiger partial charge in [0, 0.05) is 23.5 Å². The number of hydrogen-bond acceptors (Lipinski definition) is 6. The van der Waals surface area contributed by atoms with E-state index in [2.05, 4.69) is 41.9 Å². The van der Waals surface area contributed by atoms with Crippen LogP contribution in [0.25, 0.3) is 15.9 Å². The second-order valence-corrected chi connectivity index (χ2v) is 9.20. The Balaban J connectivity index is 1.96. The fraction of sp³-hybridized carbons (Fsp3) is 0.500. The molecule has 0 N–H and O–H groups in total. The topological polar surface area (TPSA) is 52.3 Å². The van der Waals surface area contributed by atoms with E-state index >= 15 is 0 Å². The summed E-state index contributed by atoms with van der Waals surface area (Å²) in [6.07, 6.45) is 1.72. The molecule has 0 aliphatic carbocycles. The summed E-state index contributed by atoms with van der Waals surface area (Å²) in [6.45, 7) is 13.1. The molecule has 0 unspecified atom stereocenters. The molecular weight excluding hydrogens is 352 g/mol. The van der Waals surface area contributed by atoms with E-state index in [0.29, 0.717) is 6.61 Å². The molecule has 0 fully saturated rings. The van der Waals surface area contributed by atoms with Gasteiger partial charge in [-0.2, -0.15) is 0 Å². The van der Waals surface area contributed by atoms with E-state index in [1.807, 2.05) is 6.92 Å². The second-order valence-electron chi connectivity index (χ2n) is 7.18. The van der Waals surface area contributed by atoms with Gasteiger partial charge in [-0.1, -0.05) is 30.8 Å². The summed E-state index contributed by atoms with van der Waals surface area (Å²) in [5.41, 5.74) is 3.24. The maximum absolute atomic E-state index is 5.99. The molecule has 25 heavy (non-hydrogen) atoms. The van der Waals surface area contributed by atoms with Gasteiger partial charge in [-0.05, 0) is 26.3 Å². The minimum atomic E-state index is -0.154. The largest absolute Gasteiger partial charge is 0.370 e. The van der Waals surface area contributed by atoms with E-state index in [0.717, 1.165) is 51.0 Å². The van der Waals surface area contributed by atoms with Gasteiger partial charge in [0.2, 0.25) is 0 Å². The number of ether oxygens (including phenoxy) is 1. The van der Waals surface area contributed by atoms with Crippen LogP contribution in [0.4, 0.5) is 0 Å². The number of thioether (sulfide) groups is 1. The molecule has 0 atom stereocenters. The molecule has 0 saturated heterocycles. The standard InChI is InChI=1S/C18H22N4OS2/c1-6-13-19-16-14(11-7-18(4,5)23-8-12(11)25-16)15-20-21-17(22(13)15)24-9-10(2)3/h2,6-9H2,1,3-5H3. The van der Waals surface area contributed by atoms with E-state index in [-0.39, 0.29) is 5.60 Å². The van der Waals surface area contributed by atoms with Crippen molar-refractivity contribution in [1.29, 1.82) is 0 Å². The van der Waals surface area contributed by atoms with Crippen LogP contribution in [0.3, 0.4) is 0 Å². The van der Waals surface area contributed by atoms with Gasteiger partial charge < -0.3 is 4.74 Å². The summed E-state index contributed by atoms with van der Waals surface area (Å²) in [7, 11) is 0. The average Bonchev–Trinajstić information content (AvgIpc) is 3.11. The van der Waals surface area contributed by atoms with Gasteiger partial charge in [-0.15, -0.1) is 21.5 Å². The molecule has 0 bridgehead atoms. The zero-order valence-corrected chi connectivity index (χ0v) is 16.7. The number of aryl methyl sites for hydroxylation is 1. The van der Waals surface area contributed by atoms with Crippen LogP contribution in [0, 0.1) is 0 Å². The van der Waals surface area contributed by atoms with E-state index in [4.69, 9.17) is 9.72 Å². The van der Waals surface area contributed by atoms with Crippen molar-refractivity contribution in [3.8, 4) is 0 Å². The quantitative estimate of drug-likeness (QED) is 0.500. The Morgan fingerprint density at radius 3 is 2.92 bits per heavy atom. The predicted molar refractivity (Wildman–Crippen MR) is 104 cm³/mol. The SMILES string of the molecule is C=C(C)CSc1nnc2c3c4c(sc3nc(CC)n12)COC(C)(C)C4. The van der Waals surface area contributed by atoms with Crippen molar-refractivity contribution in [3.63, 3.8) is 0 Å². The first kappa shape index (κ1) is 17.0. The van der Waals surface area contributed by atoms with Crippen molar-refractivity contribution in [2.75, 3.05) is 5.75 Å². The van der Waals surface area contributed by atoms with Crippen molar-refractivity contribution >= 4 is 39.0 Å². The van der Waals surface area contributed by atoms with Crippen LogP contribution in [-0.4, -0.2) is 30.9 Å². The summed E-state index contributed by atoms with van der Waals surface area (Å²) in [6, 6.07) is 0. The lowest BCUT2D eigenvalue weighted by molar-refractivity contribution is -0.0379. The van der Waals surface area contributed by atoms with Gasteiger partial charge in [0.25, 0.3) is 0 Å². The number of thiophene rings is 1. The normalized spacial score (nSPS) is 16.5. The van der Waals surface area contributed by atoms with Crippen molar-refractivity contribution in [1.82, 2.24) is 19.6 Å². The lowest BCUT2D eigenvalue weighted by Gasteiger charge is -2.30. The third-order valence-electron chi connectivity index (χ3n) is 4.38. The fourth-order valence-corrected chi connectivity index (χ4v) is 5.11. The smallest absolute Gasteiger partial charge is 0.197 e. The third-order valence-corrected chi connectivity index (χ3v) is 6.64. The molecular formula is C18H22N4OS2. The number of rotatable bonds is 4. The van der Waals surface area contributed by atoms with Crippen LogP contribution in [0.15, 0.2) is 17.3 Å². The molecule has 5 nitrogen and oxygen atoms in total. The first-order valence-electron chi connectivity index (χ1n) is 8.49. The van der Waals surface area contributed by atoms with Crippen molar-refractivity contribution < 1.29 is 4.74 Å². The van der Waals surface area contributed by atoms with Gasteiger partial charge >= 0.3 is 0 Å². The molecule has 0 amide bonds. The summed E-state index contributed by atoms with van der Waals surface area (Å²) < 4.78 is 8.12. The van der Waals surface area contributed by atoms with Crippen molar-refractivity contribution in [2.45, 2.75) is 57.9 Å². The zero-order chi connectivity index (χ0) is 17.8. The van der Waals surface area contributed by atoms with E-state index in [1.165, 1.54) is 10.4 Å². The van der Waals surface area contributed by atoms with Crippen LogP contribution in [0.2, 0.25) is 0 Å². The van der Waals surface area contributed by atoms with Gasteiger partial charge in [-0.3, -0.25) is 4.40 Å². The second kappa shape index (κ2) is 6.07. The molecule has 0 spiro atoms. The first-order valence-corrected chi connectivity index (χ1v) is 10.3. The van der Waals surface area contributed by atoms with Gasteiger partial charge in [0.05, 0.1) is 17.6 Å². The minimum Gasteiger partial charge on any atom is -0.370 e. The molecule has 1 aliphatic rings. The summed E-state index contributed by atoms with van der Waals surface area (Å²) in [4.78, 5) is 7.27. The van der Waals surface area contributed by atoms with Crippen LogP contribution >= 0.6 is 23.1 Å². The molecule has 3 aromatic rings. The number of fused-ring (bicyclic) bond motifs is 5. The van der Waals surface area contributed by atoms with Crippen LogP contribution < -0.4 is 0 Å². The van der Waals surface area contributed by atoms with Crippen LogP contribution in [0.1, 0.15) is 44.0 Å². The van der Waals surface area contributed by atoms with E-state index < -0.39 is 0 Å². The van der Waals surface area contributed by atoms with Crippen molar-refractivity contribution in [3.05, 3.63) is 28.4 Å². The maximum Gasteiger partial charge on any atom is 0.197 e. The molecule has 0 radical (unpaired) electrons. The number of nitrogens with zero attached hydrogens (tertiary/aromatic N) is 4. The lowest BCUT2D eigenvalue weighted by Crippen LogP contribution is -2.31. The Kier molecular flexibility index (Phi) is 4.13. The van der Waals surface area contributed by atoms with E-state index in [1.54, 1.807) is 23.1 Å². The highest BCUT2D eigenvalue weighted by Crippen LogP contribution is 2.40. The fourth-order valence-electron chi connectivity index (χ4n) is 3.20. The highest BCUT2D eigenvalue weighted by molar-refractivity contribution is 7.99. The molecule has 7 heteroatoms. The Hall–Kier alpha value is -1.44. The van der Waals surface area contributed by atoms with Gasteiger partial charge in [-0.25, -0.2) is 4.98 Å². The molecule has 4 heterocycles. The molecule has 1 aliphatic heterocycles. The van der Waals surface area contributed by atoms with Crippen LogP contribution in [0.5, 0.6) is 0 Å².